The number of allylic oxidation sites excluding steroid dienone is 3. The Morgan fingerprint density at radius 1 is 1.13 bits per heavy atom. The molecule has 0 bridgehead atoms. The summed E-state index contributed by atoms with van der Waals surface area (Å²) in [6.07, 6.45) is 9.09. The molecule has 0 unspecified atom stereocenters. The molecular formula is C19H21N3O. The van der Waals surface area contributed by atoms with Gasteiger partial charge in [-0.15, -0.1) is 0 Å². The molecule has 4 nitrogen and oxygen atoms in total. The Morgan fingerprint density at radius 2 is 1.91 bits per heavy atom. The quantitative estimate of drug-likeness (QED) is 0.853. The van der Waals surface area contributed by atoms with Gasteiger partial charge in [-0.3, -0.25) is 0 Å². The summed E-state index contributed by atoms with van der Waals surface area (Å²) < 4.78 is 5.51. The van der Waals surface area contributed by atoms with Crippen LogP contribution in [0.4, 0.5) is 11.5 Å². The largest absolute Gasteiger partial charge is 0.494 e. The molecule has 1 aromatic heterocycles. The van der Waals surface area contributed by atoms with Gasteiger partial charge < -0.3 is 9.64 Å². The van der Waals surface area contributed by atoms with Crippen molar-refractivity contribution in [2.45, 2.75) is 20.3 Å². The van der Waals surface area contributed by atoms with Crippen LogP contribution in [0.15, 0.2) is 42.5 Å². The Morgan fingerprint density at radius 3 is 2.65 bits per heavy atom. The van der Waals surface area contributed by atoms with Crippen LogP contribution in [0.2, 0.25) is 0 Å². The lowest BCUT2D eigenvalue weighted by atomic mass is 10.1. The first-order valence-corrected chi connectivity index (χ1v) is 7.86. The molecule has 0 amide bonds. The highest BCUT2D eigenvalue weighted by Gasteiger charge is 2.16. The van der Waals surface area contributed by atoms with E-state index in [1.165, 1.54) is 0 Å². The normalized spacial score (nSPS) is 12.7. The molecule has 0 saturated carbocycles. The number of fused-ring (bicyclic) bond motifs is 1. The van der Waals surface area contributed by atoms with Gasteiger partial charge in [-0.05, 0) is 50.6 Å². The molecule has 0 spiro atoms. The standard InChI is InChI=1S/C19H21N3O/c1-4-23-16-12-10-15(11-13-16)22(3)19-17-8-6-5-7-9-18(17)20-14(2)21-19/h5-7,9-13H,4,8H2,1-3H3. The van der Waals surface area contributed by atoms with Crippen molar-refractivity contribution in [1.29, 1.82) is 0 Å². The van der Waals surface area contributed by atoms with Crippen molar-refractivity contribution < 1.29 is 4.74 Å². The average molecular weight is 307 g/mol. The fourth-order valence-corrected chi connectivity index (χ4v) is 2.68. The third kappa shape index (κ3) is 3.26. The Kier molecular flexibility index (Phi) is 4.42. The Bertz CT molecular complexity index is 748. The maximum atomic E-state index is 5.51. The van der Waals surface area contributed by atoms with Gasteiger partial charge in [0.2, 0.25) is 0 Å². The van der Waals surface area contributed by atoms with Gasteiger partial charge in [-0.1, -0.05) is 18.2 Å². The van der Waals surface area contributed by atoms with Crippen molar-refractivity contribution in [3.8, 4) is 5.75 Å². The SMILES string of the molecule is CCOc1ccc(N(C)c2nc(C)nc3c2CC=CC=C3)cc1. The highest BCUT2D eigenvalue weighted by atomic mass is 16.5. The van der Waals surface area contributed by atoms with Crippen LogP contribution < -0.4 is 9.64 Å². The van der Waals surface area contributed by atoms with Crippen molar-refractivity contribution >= 4 is 17.6 Å². The van der Waals surface area contributed by atoms with E-state index in [9.17, 15) is 0 Å². The van der Waals surface area contributed by atoms with Crippen molar-refractivity contribution in [3.63, 3.8) is 0 Å². The minimum absolute atomic E-state index is 0.673. The predicted molar refractivity (Wildman–Crippen MR) is 94.3 cm³/mol. The summed E-state index contributed by atoms with van der Waals surface area (Å²) in [5, 5.41) is 0. The summed E-state index contributed by atoms with van der Waals surface area (Å²) >= 11 is 0. The molecule has 0 radical (unpaired) electrons. The molecule has 0 atom stereocenters. The second-order valence-electron chi connectivity index (χ2n) is 5.44. The van der Waals surface area contributed by atoms with Crippen molar-refractivity contribution in [1.82, 2.24) is 9.97 Å². The second kappa shape index (κ2) is 6.65. The van der Waals surface area contributed by atoms with Gasteiger partial charge in [0.25, 0.3) is 0 Å². The summed E-state index contributed by atoms with van der Waals surface area (Å²) in [6, 6.07) is 8.08. The molecule has 0 fully saturated rings. The lowest BCUT2D eigenvalue weighted by Crippen LogP contribution is -2.16. The lowest BCUT2D eigenvalue weighted by Gasteiger charge is -2.22. The van der Waals surface area contributed by atoms with Crippen LogP contribution in [0.25, 0.3) is 6.08 Å². The highest BCUT2D eigenvalue weighted by Crippen LogP contribution is 2.30. The minimum atomic E-state index is 0.673. The molecule has 1 aliphatic carbocycles. The van der Waals surface area contributed by atoms with Gasteiger partial charge in [0.1, 0.15) is 17.4 Å². The number of aromatic nitrogens is 2. The number of ether oxygens (including phenoxy) is 1. The van der Waals surface area contributed by atoms with Crippen LogP contribution in [0.5, 0.6) is 5.75 Å². The van der Waals surface area contributed by atoms with E-state index in [0.29, 0.717) is 6.61 Å². The monoisotopic (exact) mass is 307 g/mol. The van der Waals surface area contributed by atoms with E-state index in [2.05, 4.69) is 39.2 Å². The summed E-state index contributed by atoms with van der Waals surface area (Å²) in [7, 11) is 2.04. The molecule has 0 N–H and O–H groups in total. The van der Waals surface area contributed by atoms with Crippen LogP contribution in [0.3, 0.4) is 0 Å². The molecule has 1 heterocycles. The van der Waals surface area contributed by atoms with Crippen LogP contribution in [0.1, 0.15) is 24.0 Å². The van der Waals surface area contributed by atoms with E-state index in [-0.39, 0.29) is 0 Å². The first kappa shape index (κ1) is 15.3. The molecular weight excluding hydrogens is 286 g/mol. The van der Waals surface area contributed by atoms with E-state index in [1.54, 1.807) is 0 Å². The van der Waals surface area contributed by atoms with Crippen molar-refractivity contribution in [2.24, 2.45) is 0 Å². The first-order valence-electron chi connectivity index (χ1n) is 7.86. The zero-order chi connectivity index (χ0) is 16.2. The van der Waals surface area contributed by atoms with E-state index in [4.69, 9.17) is 4.74 Å². The molecule has 4 heteroatoms. The maximum absolute atomic E-state index is 5.51. The number of nitrogens with zero attached hydrogens (tertiary/aromatic N) is 3. The van der Waals surface area contributed by atoms with Crippen LogP contribution in [0, 0.1) is 6.92 Å². The number of hydrogen-bond acceptors (Lipinski definition) is 4. The Hall–Kier alpha value is -2.62. The summed E-state index contributed by atoms with van der Waals surface area (Å²) in [5.74, 6) is 2.61. The van der Waals surface area contributed by atoms with Crippen molar-refractivity contribution in [3.05, 3.63) is 59.6 Å². The molecule has 1 aliphatic rings. The van der Waals surface area contributed by atoms with Crippen LogP contribution >= 0.6 is 0 Å². The molecule has 2 aromatic rings. The fraction of sp³-hybridized carbons (Fsp3) is 0.263. The predicted octanol–water partition coefficient (Wildman–Crippen LogP) is 4.08. The van der Waals surface area contributed by atoms with Crippen molar-refractivity contribution in [2.75, 3.05) is 18.6 Å². The molecule has 118 valence electrons. The van der Waals surface area contributed by atoms with E-state index >= 15 is 0 Å². The summed E-state index contributed by atoms with van der Waals surface area (Å²) in [5.41, 5.74) is 3.22. The number of rotatable bonds is 4. The van der Waals surface area contributed by atoms with Crippen LogP contribution in [-0.2, 0) is 6.42 Å². The topological polar surface area (TPSA) is 38.2 Å². The van der Waals surface area contributed by atoms with Gasteiger partial charge in [0.05, 0.1) is 12.3 Å². The van der Waals surface area contributed by atoms with E-state index < -0.39 is 0 Å². The Labute approximate surface area is 137 Å². The van der Waals surface area contributed by atoms with Crippen LogP contribution in [-0.4, -0.2) is 23.6 Å². The highest BCUT2D eigenvalue weighted by molar-refractivity contribution is 5.68. The molecule has 0 aliphatic heterocycles. The summed E-state index contributed by atoms with van der Waals surface area (Å²) in [6.45, 7) is 4.59. The average Bonchev–Trinajstić information content (AvgIpc) is 2.80. The third-order valence-electron chi connectivity index (χ3n) is 3.81. The minimum Gasteiger partial charge on any atom is -0.494 e. The van der Waals surface area contributed by atoms with Gasteiger partial charge in [-0.2, -0.15) is 0 Å². The zero-order valence-electron chi connectivity index (χ0n) is 13.8. The second-order valence-corrected chi connectivity index (χ2v) is 5.44. The number of anilines is 2. The number of benzene rings is 1. The maximum Gasteiger partial charge on any atom is 0.140 e. The molecule has 1 aromatic carbocycles. The smallest absolute Gasteiger partial charge is 0.140 e. The zero-order valence-corrected chi connectivity index (χ0v) is 13.8. The third-order valence-corrected chi connectivity index (χ3v) is 3.81. The van der Waals surface area contributed by atoms with Gasteiger partial charge >= 0.3 is 0 Å². The molecule has 3 rings (SSSR count). The first-order chi connectivity index (χ1) is 11.2. The van der Waals surface area contributed by atoms with Gasteiger partial charge in [-0.25, -0.2) is 9.97 Å². The Balaban J connectivity index is 1.99. The lowest BCUT2D eigenvalue weighted by molar-refractivity contribution is 0.340. The summed E-state index contributed by atoms with van der Waals surface area (Å²) in [4.78, 5) is 11.4. The molecule has 23 heavy (non-hydrogen) atoms. The fourth-order valence-electron chi connectivity index (χ4n) is 2.68. The molecule has 0 saturated heterocycles. The number of aryl methyl sites for hydroxylation is 1. The van der Waals surface area contributed by atoms with Gasteiger partial charge in [0, 0.05) is 18.3 Å². The van der Waals surface area contributed by atoms with E-state index in [1.807, 2.05) is 45.2 Å². The van der Waals surface area contributed by atoms with Gasteiger partial charge in [0.15, 0.2) is 0 Å². The number of hydrogen-bond donors (Lipinski definition) is 0. The van der Waals surface area contributed by atoms with E-state index in [0.717, 1.165) is 40.8 Å².